The second kappa shape index (κ2) is 9.15. The maximum absolute atomic E-state index is 11.7. The molecule has 0 radical (unpaired) electrons. The number of nitrogens with zero attached hydrogens (tertiary/aromatic N) is 3. The number of sulfonamides is 1. The SMILES string of the molecule is COc1cc(Nc2nc([C@H](CC(C)C)NS(C)(=O)=O)cs2)ccc1-n1cnc(C)c1. The molecule has 0 aliphatic rings. The van der Waals surface area contributed by atoms with Crippen molar-refractivity contribution in [2.75, 3.05) is 18.7 Å². The van der Waals surface area contributed by atoms with E-state index in [9.17, 15) is 8.42 Å². The average Bonchev–Trinajstić information content (AvgIpc) is 3.28. The van der Waals surface area contributed by atoms with Gasteiger partial charge in [-0.2, -0.15) is 0 Å². The molecule has 0 bridgehead atoms. The summed E-state index contributed by atoms with van der Waals surface area (Å²) >= 11 is 1.43. The van der Waals surface area contributed by atoms with Crippen molar-refractivity contribution >= 4 is 32.2 Å². The van der Waals surface area contributed by atoms with E-state index in [-0.39, 0.29) is 6.04 Å². The van der Waals surface area contributed by atoms with Gasteiger partial charge in [0.25, 0.3) is 0 Å². The third kappa shape index (κ3) is 5.80. The van der Waals surface area contributed by atoms with Gasteiger partial charge in [-0.1, -0.05) is 13.8 Å². The van der Waals surface area contributed by atoms with E-state index in [1.807, 2.05) is 41.3 Å². The first kappa shape index (κ1) is 22.3. The molecule has 0 unspecified atom stereocenters. The van der Waals surface area contributed by atoms with Crippen LogP contribution in [0.1, 0.15) is 37.7 Å². The number of methoxy groups -OCH3 is 1. The van der Waals surface area contributed by atoms with Crippen molar-refractivity contribution in [2.45, 2.75) is 33.2 Å². The van der Waals surface area contributed by atoms with Gasteiger partial charge in [0.05, 0.1) is 42.8 Å². The van der Waals surface area contributed by atoms with Gasteiger partial charge in [0.1, 0.15) is 5.75 Å². The number of nitrogens with one attached hydrogen (secondary N) is 2. The van der Waals surface area contributed by atoms with Gasteiger partial charge >= 0.3 is 0 Å². The Morgan fingerprint density at radius 2 is 2.07 bits per heavy atom. The molecular weight excluding hydrogens is 422 g/mol. The van der Waals surface area contributed by atoms with Gasteiger partial charge in [0.2, 0.25) is 10.0 Å². The molecule has 2 N–H and O–H groups in total. The van der Waals surface area contributed by atoms with Crippen LogP contribution in [0.5, 0.6) is 5.75 Å². The Morgan fingerprint density at radius 3 is 2.67 bits per heavy atom. The number of imidazole rings is 1. The summed E-state index contributed by atoms with van der Waals surface area (Å²) < 4.78 is 33.6. The first-order valence-corrected chi connectivity index (χ1v) is 12.3. The normalized spacial score (nSPS) is 12.9. The van der Waals surface area contributed by atoms with E-state index in [1.54, 1.807) is 13.4 Å². The molecule has 162 valence electrons. The van der Waals surface area contributed by atoms with Crippen molar-refractivity contribution in [1.82, 2.24) is 19.3 Å². The highest BCUT2D eigenvalue weighted by molar-refractivity contribution is 7.88. The van der Waals surface area contributed by atoms with Crippen molar-refractivity contribution in [3.8, 4) is 11.4 Å². The van der Waals surface area contributed by atoms with Crippen LogP contribution in [-0.4, -0.2) is 36.3 Å². The lowest BCUT2D eigenvalue weighted by Gasteiger charge is -2.17. The van der Waals surface area contributed by atoms with Crippen LogP contribution in [0.4, 0.5) is 10.8 Å². The fourth-order valence-corrected chi connectivity index (χ4v) is 4.63. The van der Waals surface area contributed by atoms with Gasteiger partial charge in [0.15, 0.2) is 5.13 Å². The molecule has 30 heavy (non-hydrogen) atoms. The summed E-state index contributed by atoms with van der Waals surface area (Å²) in [5.74, 6) is 1.02. The Balaban J connectivity index is 1.81. The van der Waals surface area contributed by atoms with Gasteiger partial charge in [0, 0.05) is 23.3 Å². The minimum absolute atomic E-state index is 0.325. The Labute approximate surface area is 181 Å². The van der Waals surface area contributed by atoms with Crippen LogP contribution in [0.25, 0.3) is 5.69 Å². The minimum atomic E-state index is -3.33. The number of aryl methyl sites for hydroxylation is 1. The van der Waals surface area contributed by atoms with Crippen molar-refractivity contribution in [2.24, 2.45) is 5.92 Å². The number of aromatic nitrogens is 3. The van der Waals surface area contributed by atoms with Crippen molar-refractivity contribution in [3.63, 3.8) is 0 Å². The van der Waals surface area contributed by atoms with Gasteiger partial charge < -0.3 is 14.6 Å². The van der Waals surface area contributed by atoms with Crippen molar-refractivity contribution < 1.29 is 13.2 Å². The zero-order valence-electron chi connectivity index (χ0n) is 17.7. The van der Waals surface area contributed by atoms with Crippen LogP contribution in [0.3, 0.4) is 0 Å². The number of hydrogen-bond donors (Lipinski definition) is 2. The second-order valence-electron chi connectivity index (χ2n) is 7.58. The van der Waals surface area contributed by atoms with E-state index in [0.717, 1.165) is 17.1 Å². The third-order valence-corrected chi connectivity index (χ3v) is 5.85. The molecule has 3 rings (SSSR count). The molecule has 0 amide bonds. The van der Waals surface area contributed by atoms with Gasteiger partial charge in [-0.25, -0.2) is 23.1 Å². The predicted molar refractivity (Wildman–Crippen MR) is 120 cm³/mol. The Morgan fingerprint density at radius 1 is 1.30 bits per heavy atom. The van der Waals surface area contributed by atoms with Crippen LogP contribution in [0.2, 0.25) is 0 Å². The van der Waals surface area contributed by atoms with E-state index in [0.29, 0.717) is 28.9 Å². The summed E-state index contributed by atoms with van der Waals surface area (Å²) in [4.78, 5) is 8.87. The van der Waals surface area contributed by atoms with Crippen LogP contribution in [0.15, 0.2) is 36.1 Å². The molecule has 3 aromatic rings. The number of hydrogen-bond acceptors (Lipinski definition) is 7. The lowest BCUT2D eigenvalue weighted by atomic mass is 10.0. The molecule has 2 heterocycles. The minimum Gasteiger partial charge on any atom is -0.494 e. The zero-order chi connectivity index (χ0) is 21.9. The number of benzene rings is 1. The lowest BCUT2D eigenvalue weighted by Crippen LogP contribution is -2.28. The molecular formula is C20H27N5O3S2. The summed E-state index contributed by atoms with van der Waals surface area (Å²) in [5, 5.41) is 5.84. The Hall–Kier alpha value is -2.43. The highest BCUT2D eigenvalue weighted by atomic mass is 32.2. The molecule has 10 heteroatoms. The van der Waals surface area contributed by atoms with E-state index >= 15 is 0 Å². The molecule has 0 aliphatic carbocycles. The number of rotatable bonds is 9. The molecule has 0 fully saturated rings. The standard InChI is InChI=1S/C20H27N5O3S2/c1-13(2)8-16(24-30(5,26)27)17-11-29-20(23-17)22-15-6-7-18(19(9-15)28-4)25-10-14(3)21-12-25/h6-7,9-13,16,24H,8H2,1-5H3,(H,22,23)/t16-/m0/s1. The molecule has 8 nitrogen and oxygen atoms in total. The largest absolute Gasteiger partial charge is 0.494 e. The first-order chi connectivity index (χ1) is 14.1. The highest BCUT2D eigenvalue weighted by Crippen LogP contribution is 2.31. The smallest absolute Gasteiger partial charge is 0.209 e. The van der Waals surface area contributed by atoms with Gasteiger partial charge in [-0.05, 0) is 31.4 Å². The van der Waals surface area contributed by atoms with Crippen LogP contribution in [-0.2, 0) is 10.0 Å². The molecule has 0 saturated heterocycles. The highest BCUT2D eigenvalue weighted by Gasteiger charge is 2.20. The number of ether oxygens (including phenoxy) is 1. The fraction of sp³-hybridized carbons (Fsp3) is 0.400. The molecule has 2 aromatic heterocycles. The van der Waals surface area contributed by atoms with Crippen molar-refractivity contribution in [3.05, 3.63) is 47.5 Å². The number of anilines is 2. The van der Waals surface area contributed by atoms with Gasteiger partial charge in [-0.15, -0.1) is 11.3 Å². The second-order valence-corrected chi connectivity index (χ2v) is 10.2. The maximum Gasteiger partial charge on any atom is 0.209 e. The number of thiazole rings is 1. The summed E-state index contributed by atoms with van der Waals surface area (Å²) in [6, 6.07) is 5.43. The zero-order valence-corrected chi connectivity index (χ0v) is 19.3. The van der Waals surface area contributed by atoms with Crippen molar-refractivity contribution in [1.29, 1.82) is 0 Å². The van der Waals surface area contributed by atoms with Crippen LogP contribution >= 0.6 is 11.3 Å². The summed E-state index contributed by atoms with van der Waals surface area (Å²) in [6.45, 7) is 6.04. The van der Waals surface area contributed by atoms with Gasteiger partial charge in [-0.3, -0.25) is 0 Å². The quantitative estimate of drug-likeness (QED) is 0.512. The molecule has 1 aromatic carbocycles. The first-order valence-electron chi connectivity index (χ1n) is 9.53. The Bertz CT molecular complexity index is 1110. The molecule has 0 saturated carbocycles. The fourth-order valence-electron chi connectivity index (χ4n) is 3.11. The molecule has 0 spiro atoms. The predicted octanol–water partition coefficient (Wildman–Crippen LogP) is 4.03. The molecule has 0 aliphatic heterocycles. The van der Waals surface area contributed by atoms with Crippen LogP contribution in [0, 0.1) is 12.8 Å². The topological polar surface area (TPSA) is 98.1 Å². The average molecular weight is 450 g/mol. The summed E-state index contributed by atoms with van der Waals surface area (Å²) in [6.07, 6.45) is 5.52. The summed E-state index contributed by atoms with van der Waals surface area (Å²) in [7, 11) is -1.71. The molecule has 1 atom stereocenters. The van der Waals surface area contributed by atoms with E-state index in [4.69, 9.17) is 4.74 Å². The van der Waals surface area contributed by atoms with E-state index < -0.39 is 10.0 Å². The van der Waals surface area contributed by atoms with Crippen LogP contribution < -0.4 is 14.8 Å². The Kier molecular flexibility index (Phi) is 6.79. The third-order valence-electron chi connectivity index (χ3n) is 4.36. The van der Waals surface area contributed by atoms with E-state index in [2.05, 4.69) is 33.9 Å². The lowest BCUT2D eigenvalue weighted by molar-refractivity contribution is 0.413. The maximum atomic E-state index is 11.7. The summed E-state index contributed by atoms with van der Waals surface area (Å²) in [5.41, 5.74) is 3.34. The van der Waals surface area contributed by atoms with E-state index in [1.165, 1.54) is 17.6 Å². The monoisotopic (exact) mass is 449 g/mol.